The molecule has 13 heavy (non-hydrogen) atoms. The largest absolute Gasteiger partial charge is 0.300 e. The maximum Gasteiger partial charge on any atom is 0.212 e. The molecule has 0 radical (unpaired) electrons. The first kappa shape index (κ1) is 10.9. The SMILES string of the molecule is CCN(CCS(=O)(=O)NC)C1CC1. The Bertz CT molecular complexity index is 247. The smallest absolute Gasteiger partial charge is 0.212 e. The van der Waals surface area contributed by atoms with E-state index in [2.05, 4.69) is 16.5 Å². The van der Waals surface area contributed by atoms with Crippen LogP contribution in [0, 0.1) is 0 Å². The van der Waals surface area contributed by atoms with Gasteiger partial charge < -0.3 is 0 Å². The summed E-state index contributed by atoms with van der Waals surface area (Å²) in [6, 6.07) is 0.650. The Hall–Kier alpha value is -0.130. The standard InChI is InChI=1S/C8H18N2O2S/c1-3-10(8-4-5-8)6-7-13(11,12)9-2/h8-9H,3-7H2,1-2H3. The molecule has 0 aromatic rings. The fraction of sp³-hybridized carbons (Fsp3) is 1.00. The molecule has 78 valence electrons. The molecule has 0 amide bonds. The zero-order valence-corrected chi connectivity index (χ0v) is 9.10. The molecule has 1 fully saturated rings. The summed E-state index contributed by atoms with van der Waals surface area (Å²) in [4.78, 5) is 2.23. The molecule has 5 heteroatoms. The average Bonchev–Trinajstić information content (AvgIpc) is 2.89. The van der Waals surface area contributed by atoms with E-state index in [4.69, 9.17) is 0 Å². The number of hydrogen-bond acceptors (Lipinski definition) is 3. The highest BCUT2D eigenvalue weighted by molar-refractivity contribution is 7.89. The van der Waals surface area contributed by atoms with Gasteiger partial charge in [0.2, 0.25) is 10.0 Å². The highest BCUT2D eigenvalue weighted by Crippen LogP contribution is 2.26. The van der Waals surface area contributed by atoms with Crippen LogP contribution >= 0.6 is 0 Å². The first-order valence-corrected chi connectivity index (χ1v) is 6.39. The monoisotopic (exact) mass is 206 g/mol. The third-order valence-corrected chi connectivity index (χ3v) is 3.77. The van der Waals surface area contributed by atoms with Crippen LogP contribution in [-0.4, -0.2) is 45.2 Å². The van der Waals surface area contributed by atoms with E-state index in [1.54, 1.807) is 0 Å². The van der Waals surface area contributed by atoms with Gasteiger partial charge in [-0.3, -0.25) is 4.90 Å². The summed E-state index contributed by atoms with van der Waals surface area (Å²) >= 11 is 0. The first-order chi connectivity index (χ1) is 6.09. The Labute approximate surface area is 80.4 Å². The van der Waals surface area contributed by atoms with Gasteiger partial charge >= 0.3 is 0 Å². The molecule has 0 aromatic heterocycles. The molecule has 0 aromatic carbocycles. The van der Waals surface area contributed by atoms with E-state index in [-0.39, 0.29) is 5.75 Å². The predicted octanol–water partition coefficient (Wildman–Crippen LogP) is 0.0199. The van der Waals surface area contributed by atoms with E-state index in [0.717, 1.165) is 6.54 Å². The van der Waals surface area contributed by atoms with Crippen LogP contribution in [0.1, 0.15) is 19.8 Å². The lowest BCUT2D eigenvalue weighted by Crippen LogP contribution is -2.34. The van der Waals surface area contributed by atoms with Gasteiger partial charge in [-0.05, 0) is 26.4 Å². The van der Waals surface area contributed by atoms with Crippen molar-refractivity contribution in [2.75, 3.05) is 25.9 Å². The Morgan fingerprint density at radius 3 is 2.46 bits per heavy atom. The van der Waals surface area contributed by atoms with Crippen molar-refractivity contribution in [1.82, 2.24) is 9.62 Å². The van der Waals surface area contributed by atoms with E-state index in [1.165, 1.54) is 19.9 Å². The van der Waals surface area contributed by atoms with Gasteiger partial charge in [0, 0.05) is 12.6 Å². The molecule has 0 aliphatic heterocycles. The topological polar surface area (TPSA) is 49.4 Å². The van der Waals surface area contributed by atoms with Crippen molar-refractivity contribution in [3.63, 3.8) is 0 Å². The Morgan fingerprint density at radius 1 is 1.46 bits per heavy atom. The van der Waals surface area contributed by atoms with Crippen molar-refractivity contribution in [3.05, 3.63) is 0 Å². The summed E-state index contributed by atoms with van der Waals surface area (Å²) in [5.74, 6) is 0.216. The fourth-order valence-electron chi connectivity index (χ4n) is 1.38. The molecule has 1 aliphatic rings. The maximum absolute atomic E-state index is 11.1. The van der Waals surface area contributed by atoms with Gasteiger partial charge in [0.05, 0.1) is 5.75 Å². The molecular weight excluding hydrogens is 188 g/mol. The second-order valence-electron chi connectivity index (χ2n) is 3.38. The van der Waals surface area contributed by atoms with Gasteiger partial charge in [0.15, 0.2) is 0 Å². The Morgan fingerprint density at radius 2 is 2.08 bits per heavy atom. The van der Waals surface area contributed by atoms with E-state index in [1.807, 2.05) is 0 Å². The second kappa shape index (κ2) is 4.39. The number of hydrogen-bond donors (Lipinski definition) is 1. The summed E-state index contributed by atoms with van der Waals surface area (Å²) in [5.41, 5.74) is 0. The van der Waals surface area contributed by atoms with E-state index in [0.29, 0.717) is 12.6 Å². The van der Waals surface area contributed by atoms with Crippen molar-refractivity contribution in [1.29, 1.82) is 0 Å². The normalized spacial score (nSPS) is 18.1. The van der Waals surface area contributed by atoms with Gasteiger partial charge in [-0.1, -0.05) is 6.92 Å². The minimum absolute atomic E-state index is 0.216. The molecule has 0 unspecified atom stereocenters. The van der Waals surface area contributed by atoms with E-state index in [9.17, 15) is 8.42 Å². The van der Waals surface area contributed by atoms with Crippen LogP contribution in [-0.2, 0) is 10.0 Å². The molecule has 0 bridgehead atoms. The third-order valence-electron chi connectivity index (χ3n) is 2.43. The van der Waals surface area contributed by atoms with Gasteiger partial charge in [-0.2, -0.15) is 0 Å². The van der Waals surface area contributed by atoms with E-state index >= 15 is 0 Å². The molecule has 0 spiro atoms. The number of sulfonamides is 1. The molecule has 1 N–H and O–H groups in total. The Kier molecular flexibility index (Phi) is 3.70. The second-order valence-corrected chi connectivity index (χ2v) is 5.43. The summed E-state index contributed by atoms with van der Waals surface area (Å²) in [5, 5.41) is 0. The molecule has 1 aliphatic carbocycles. The lowest BCUT2D eigenvalue weighted by atomic mass is 10.5. The molecule has 0 saturated heterocycles. The van der Waals surface area contributed by atoms with Crippen LogP contribution in [0.2, 0.25) is 0 Å². The molecule has 0 heterocycles. The lowest BCUT2D eigenvalue weighted by Gasteiger charge is -2.19. The lowest BCUT2D eigenvalue weighted by molar-refractivity contribution is 0.294. The van der Waals surface area contributed by atoms with Gasteiger partial charge in [-0.15, -0.1) is 0 Å². The summed E-state index contributed by atoms with van der Waals surface area (Å²) in [6.45, 7) is 3.68. The highest BCUT2D eigenvalue weighted by atomic mass is 32.2. The van der Waals surface area contributed by atoms with Crippen molar-refractivity contribution in [3.8, 4) is 0 Å². The highest BCUT2D eigenvalue weighted by Gasteiger charge is 2.28. The number of rotatable bonds is 6. The van der Waals surface area contributed by atoms with Gasteiger partial charge in [0.1, 0.15) is 0 Å². The van der Waals surface area contributed by atoms with Crippen molar-refractivity contribution in [2.45, 2.75) is 25.8 Å². The quantitative estimate of drug-likeness (QED) is 0.666. The maximum atomic E-state index is 11.1. The van der Waals surface area contributed by atoms with Crippen LogP contribution in [0.15, 0.2) is 0 Å². The summed E-state index contributed by atoms with van der Waals surface area (Å²) in [6.07, 6.45) is 2.46. The van der Waals surface area contributed by atoms with Crippen LogP contribution in [0.3, 0.4) is 0 Å². The summed E-state index contributed by atoms with van der Waals surface area (Å²) in [7, 11) is -1.56. The van der Waals surface area contributed by atoms with Crippen molar-refractivity contribution in [2.24, 2.45) is 0 Å². The minimum Gasteiger partial charge on any atom is -0.300 e. The molecule has 0 atom stereocenters. The molecular formula is C8H18N2O2S. The number of nitrogens with zero attached hydrogens (tertiary/aromatic N) is 1. The minimum atomic E-state index is -3.02. The fourth-order valence-corrected chi connectivity index (χ4v) is 2.06. The van der Waals surface area contributed by atoms with Crippen molar-refractivity contribution < 1.29 is 8.42 Å². The van der Waals surface area contributed by atoms with Crippen LogP contribution in [0.5, 0.6) is 0 Å². The predicted molar refractivity (Wildman–Crippen MR) is 53.1 cm³/mol. The van der Waals surface area contributed by atoms with E-state index < -0.39 is 10.0 Å². The van der Waals surface area contributed by atoms with Crippen LogP contribution in [0.4, 0.5) is 0 Å². The average molecular weight is 206 g/mol. The number of nitrogens with one attached hydrogen (secondary N) is 1. The molecule has 1 saturated carbocycles. The first-order valence-electron chi connectivity index (χ1n) is 4.74. The van der Waals surface area contributed by atoms with Crippen LogP contribution < -0.4 is 4.72 Å². The molecule has 1 rings (SSSR count). The van der Waals surface area contributed by atoms with Gasteiger partial charge in [0.25, 0.3) is 0 Å². The third kappa shape index (κ3) is 3.62. The van der Waals surface area contributed by atoms with Crippen LogP contribution in [0.25, 0.3) is 0 Å². The zero-order chi connectivity index (χ0) is 9.90. The summed E-state index contributed by atoms with van der Waals surface area (Å²) < 4.78 is 24.6. The Balaban J connectivity index is 2.31. The van der Waals surface area contributed by atoms with Crippen molar-refractivity contribution >= 4 is 10.0 Å². The zero-order valence-electron chi connectivity index (χ0n) is 8.28. The van der Waals surface area contributed by atoms with Gasteiger partial charge in [-0.25, -0.2) is 13.1 Å². The molecule has 4 nitrogen and oxygen atoms in total.